The van der Waals surface area contributed by atoms with E-state index >= 15 is 0 Å². The summed E-state index contributed by atoms with van der Waals surface area (Å²) in [5.41, 5.74) is 2.00. The standard InChI is InChI=1S/C20H20N4O4/c1-2-28-19-8-7-15(11-18(19)24(26)27)20(25)22-12-16-5-3-4-6-17(16)13-23-10-9-21-14-23/h3-11,14H,2,12-13H2,1H3,(H,22,25). The van der Waals surface area contributed by atoms with E-state index in [2.05, 4.69) is 10.3 Å². The maximum absolute atomic E-state index is 12.5. The summed E-state index contributed by atoms with van der Waals surface area (Å²) in [4.78, 5) is 27.2. The number of imidazole rings is 1. The minimum atomic E-state index is -0.553. The number of carbonyl (C=O) groups excluding carboxylic acids is 1. The van der Waals surface area contributed by atoms with E-state index in [-0.39, 0.29) is 22.9 Å². The number of hydrogen-bond donors (Lipinski definition) is 1. The van der Waals surface area contributed by atoms with Gasteiger partial charge in [0.15, 0.2) is 5.75 Å². The summed E-state index contributed by atoms with van der Waals surface area (Å²) in [6.45, 7) is 3.00. The van der Waals surface area contributed by atoms with E-state index in [1.807, 2.05) is 35.0 Å². The lowest BCUT2D eigenvalue weighted by Gasteiger charge is -2.12. The summed E-state index contributed by atoms with van der Waals surface area (Å²) in [5, 5.41) is 14.1. The van der Waals surface area contributed by atoms with Crippen molar-refractivity contribution in [3.8, 4) is 5.75 Å². The predicted molar refractivity (Wildman–Crippen MR) is 103 cm³/mol. The molecule has 0 radical (unpaired) electrons. The van der Waals surface area contributed by atoms with Gasteiger partial charge in [0.1, 0.15) is 0 Å². The first-order valence-electron chi connectivity index (χ1n) is 8.80. The molecule has 2 aromatic carbocycles. The average Bonchev–Trinajstić information content (AvgIpc) is 3.20. The zero-order valence-corrected chi connectivity index (χ0v) is 15.4. The van der Waals surface area contributed by atoms with E-state index in [1.54, 1.807) is 19.4 Å². The number of carbonyl (C=O) groups is 1. The van der Waals surface area contributed by atoms with Crippen LogP contribution in [0.15, 0.2) is 61.2 Å². The lowest BCUT2D eigenvalue weighted by Crippen LogP contribution is -2.23. The lowest BCUT2D eigenvalue weighted by atomic mass is 10.1. The van der Waals surface area contributed by atoms with Gasteiger partial charge in [0.05, 0.1) is 17.9 Å². The van der Waals surface area contributed by atoms with E-state index in [0.29, 0.717) is 19.7 Å². The molecule has 3 aromatic rings. The van der Waals surface area contributed by atoms with Crippen LogP contribution in [-0.4, -0.2) is 27.0 Å². The summed E-state index contributed by atoms with van der Waals surface area (Å²) in [6, 6.07) is 12.0. The van der Waals surface area contributed by atoms with Gasteiger partial charge in [0.2, 0.25) is 0 Å². The molecule has 1 N–H and O–H groups in total. The van der Waals surface area contributed by atoms with Crippen LogP contribution in [0.2, 0.25) is 0 Å². The molecule has 0 fully saturated rings. The first-order chi connectivity index (χ1) is 13.6. The van der Waals surface area contributed by atoms with E-state index in [4.69, 9.17) is 4.74 Å². The van der Waals surface area contributed by atoms with Crippen LogP contribution >= 0.6 is 0 Å². The number of amides is 1. The molecule has 0 aliphatic rings. The number of hydrogen-bond acceptors (Lipinski definition) is 5. The monoisotopic (exact) mass is 380 g/mol. The van der Waals surface area contributed by atoms with Crippen molar-refractivity contribution in [1.82, 2.24) is 14.9 Å². The molecule has 1 aromatic heterocycles. The summed E-state index contributed by atoms with van der Waals surface area (Å²) < 4.78 is 7.19. The van der Waals surface area contributed by atoms with Crippen LogP contribution in [0.4, 0.5) is 5.69 Å². The van der Waals surface area contributed by atoms with Crippen molar-refractivity contribution in [2.75, 3.05) is 6.61 Å². The van der Waals surface area contributed by atoms with Gasteiger partial charge < -0.3 is 14.6 Å². The van der Waals surface area contributed by atoms with Crippen LogP contribution in [0.3, 0.4) is 0 Å². The Kier molecular flexibility index (Phi) is 6.01. The molecule has 0 spiro atoms. The quantitative estimate of drug-likeness (QED) is 0.478. The number of nitro benzene ring substituents is 1. The van der Waals surface area contributed by atoms with E-state index < -0.39 is 4.92 Å². The second-order valence-electron chi connectivity index (χ2n) is 6.06. The number of nitro groups is 1. The molecule has 0 atom stereocenters. The van der Waals surface area contributed by atoms with E-state index in [0.717, 1.165) is 11.1 Å². The second-order valence-corrected chi connectivity index (χ2v) is 6.06. The van der Waals surface area contributed by atoms with Gasteiger partial charge in [-0.3, -0.25) is 14.9 Å². The van der Waals surface area contributed by atoms with Crippen molar-refractivity contribution in [1.29, 1.82) is 0 Å². The Bertz CT molecular complexity index is 970. The Morgan fingerprint density at radius 3 is 2.71 bits per heavy atom. The molecule has 0 saturated carbocycles. The molecular weight excluding hydrogens is 360 g/mol. The first kappa shape index (κ1) is 19.1. The number of benzene rings is 2. The molecular formula is C20H20N4O4. The van der Waals surface area contributed by atoms with Crippen molar-refractivity contribution < 1.29 is 14.5 Å². The highest BCUT2D eigenvalue weighted by Crippen LogP contribution is 2.28. The molecule has 0 bridgehead atoms. The van der Waals surface area contributed by atoms with E-state index in [9.17, 15) is 14.9 Å². The Labute approximate surface area is 161 Å². The zero-order valence-electron chi connectivity index (χ0n) is 15.4. The van der Waals surface area contributed by atoms with Gasteiger partial charge in [0, 0.05) is 37.1 Å². The highest BCUT2D eigenvalue weighted by Gasteiger charge is 2.18. The van der Waals surface area contributed by atoms with Crippen LogP contribution in [-0.2, 0) is 13.1 Å². The number of ether oxygens (including phenoxy) is 1. The molecule has 8 heteroatoms. The summed E-state index contributed by atoms with van der Waals surface area (Å²) in [5.74, 6) is -0.238. The van der Waals surface area contributed by atoms with Gasteiger partial charge in [0.25, 0.3) is 5.91 Å². The third kappa shape index (κ3) is 4.53. The minimum absolute atomic E-state index is 0.148. The zero-order chi connectivity index (χ0) is 19.9. The number of nitrogens with one attached hydrogen (secondary N) is 1. The van der Waals surface area contributed by atoms with Gasteiger partial charge in [-0.15, -0.1) is 0 Å². The topological polar surface area (TPSA) is 99.3 Å². The maximum Gasteiger partial charge on any atom is 0.311 e. The Balaban J connectivity index is 1.72. The smallest absolute Gasteiger partial charge is 0.311 e. The fourth-order valence-corrected chi connectivity index (χ4v) is 2.82. The maximum atomic E-state index is 12.5. The third-order valence-electron chi connectivity index (χ3n) is 4.19. The first-order valence-corrected chi connectivity index (χ1v) is 8.80. The van der Waals surface area contributed by atoms with Crippen molar-refractivity contribution in [3.05, 3.63) is 88.0 Å². The fraction of sp³-hybridized carbons (Fsp3) is 0.200. The highest BCUT2D eigenvalue weighted by atomic mass is 16.6. The van der Waals surface area contributed by atoms with Gasteiger partial charge >= 0.3 is 5.69 Å². The minimum Gasteiger partial charge on any atom is -0.487 e. The largest absolute Gasteiger partial charge is 0.487 e. The normalized spacial score (nSPS) is 10.5. The van der Waals surface area contributed by atoms with Crippen LogP contribution in [0.5, 0.6) is 5.75 Å². The Morgan fingerprint density at radius 1 is 1.25 bits per heavy atom. The Morgan fingerprint density at radius 2 is 2.04 bits per heavy atom. The van der Waals surface area contributed by atoms with Crippen molar-refractivity contribution >= 4 is 11.6 Å². The van der Waals surface area contributed by atoms with E-state index in [1.165, 1.54) is 18.2 Å². The second kappa shape index (κ2) is 8.81. The molecule has 28 heavy (non-hydrogen) atoms. The number of aromatic nitrogens is 2. The van der Waals surface area contributed by atoms with Crippen LogP contribution in [0.1, 0.15) is 28.4 Å². The van der Waals surface area contributed by atoms with Crippen molar-refractivity contribution in [2.45, 2.75) is 20.0 Å². The lowest BCUT2D eigenvalue weighted by molar-refractivity contribution is -0.385. The van der Waals surface area contributed by atoms with Crippen molar-refractivity contribution in [2.24, 2.45) is 0 Å². The Hall–Kier alpha value is -3.68. The molecule has 0 saturated heterocycles. The fourth-order valence-electron chi connectivity index (χ4n) is 2.82. The molecule has 1 heterocycles. The molecule has 3 rings (SSSR count). The van der Waals surface area contributed by atoms with Crippen LogP contribution < -0.4 is 10.1 Å². The number of nitrogens with zero attached hydrogens (tertiary/aromatic N) is 3. The summed E-state index contributed by atoms with van der Waals surface area (Å²) in [6.07, 6.45) is 5.31. The summed E-state index contributed by atoms with van der Waals surface area (Å²) >= 11 is 0. The van der Waals surface area contributed by atoms with Crippen molar-refractivity contribution in [3.63, 3.8) is 0 Å². The SMILES string of the molecule is CCOc1ccc(C(=O)NCc2ccccc2Cn2ccnc2)cc1[N+](=O)[O-]. The molecule has 0 aliphatic carbocycles. The van der Waals surface area contributed by atoms with Gasteiger partial charge in [-0.2, -0.15) is 0 Å². The average molecular weight is 380 g/mol. The van der Waals surface area contributed by atoms with Gasteiger partial charge in [-0.25, -0.2) is 4.98 Å². The molecule has 0 aliphatic heterocycles. The highest BCUT2D eigenvalue weighted by molar-refractivity contribution is 5.95. The molecule has 8 nitrogen and oxygen atoms in total. The van der Waals surface area contributed by atoms with Gasteiger partial charge in [-0.05, 0) is 30.2 Å². The van der Waals surface area contributed by atoms with Crippen LogP contribution in [0, 0.1) is 10.1 Å². The summed E-state index contributed by atoms with van der Waals surface area (Å²) in [7, 11) is 0. The number of rotatable bonds is 8. The molecule has 1 amide bonds. The molecule has 0 unspecified atom stereocenters. The predicted octanol–water partition coefficient (Wildman–Crippen LogP) is 3.17. The van der Waals surface area contributed by atoms with Gasteiger partial charge in [-0.1, -0.05) is 24.3 Å². The third-order valence-corrected chi connectivity index (χ3v) is 4.19. The molecule has 144 valence electrons. The van der Waals surface area contributed by atoms with Crippen LogP contribution in [0.25, 0.3) is 0 Å².